The molecule has 0 saturated heterocycles. The SMILES string of the molecule is O=P(O)(O)c1cc(Cl)ccc1N=Nc1c(S(=O)(=O)O)cc2cc(S(=O)(=O)O)c(N=Nc3ccccc3)c(O)c2c1O. The predicted molar refractivity (Wildman–Crippen MR) is 145 cm³/mol. The topological polar surface area (TPSA) is 256 Å². The first-order valence-electron chi connectivity index (χ1n) is 10.7. The van der Waals surface area contributed by atoms with E-state index in [1.807, 2.05) is 0 Å². The fourth-order valence-electron chi connectivity index (χ4n) is 3.57. The molecule has 0 aliphatic heterocycles. The van der Waals surface area contributed by atoms with Crippen LogP contribution in [-0.4, -0.2) is 45.9 Å². The molecular formula is C22H16ClN4O11PS2. The van der Waals surface area contributed by atoms with E-state index in [0.29, 0.717) is 12.1 Å². The highest BCUT2D eigenvalue weighted by Gasteiger charge is 2.29. The van der Waals surface area contributed by atoms with E-state index in [0.717, 1.165) is 12.1 Å². The summed E-state index contributed by atoms with van der Waals surface area (Å²) in [6, 6.07) is 12.1. The van der Waals surface area contributed by atoms with Crippen LogP contribution in [0.3, 0.4) is 0 Å². The van der Waals surface area contributed by atoms with Crippen molar-refractivity contribution in [3.8, 4) is 11.5 Å². The lowest BCUT2D eigenvalue weighted by atomic mass is 10.1. The summed E-state index contributed by atoms with van der Waals surface area (Å²) in [5.41, 5.74) is -2.14. The Morgan fingerprint density at radius 2 is 1.22 bits per heavy atom. The average molecular weight is 643 g/mol. The minimum Gasteiger partial charge on any atom is -0.505 e. The molecule has 0 atom stereocenters. The van der Waals surface area contributed by atoms with Crippen molar-refractivity contribution in [2.24, 2.45) is 20.5 Å². The minimum atomic E-state index is -5.24. The second-order valence-corrected chi connectivity index (χ2v) is 12.9. The summed E-state index contributed by atoms with van der Waals surface area (Å²) in [5.74, 6) is -2.26. The van der Waals surface area contributed by atoms with Crippen LogP contribution in [0.5, 0.6) is 11.5 Å². The lowest BCUT2D eigenvalue weighted by molar-refractivity contribution is 0.387. The van der Waals surface area contributed by atoms with Gasteiger partial charge in [0.2, 0.25) is 0 Å². The summed E-state index contributed by atoms with van der Waals surface area (Å²) in [4.78, 5) is 17.0. The van der Waals surface area contributed by atoms with Gasteiger partial charge in [-0.15, -0.1) is 15.3 Å². The van der Waals surface area contributed by atoms with Gasteiger partial charge in [0.1, 0.15) is 26.9 Å². The molecule has 0 radical (unpaired) electrons. The standard InChI is InChI=1S/C22H16ClN4O11PS2/c23-12-6-7-14(15(10-12)39(30,31)32)25-27-20-17(41(36,37)38)9-11-8-16(40(33,34)35)19(21(28)18(11)22(20)29)26-24-13-4-2-1-3-5-13/h1-10,28-29H,(H2,30,31,32)(H,33,34,35)(H,36,37,38). The van der Waals surface area contributed by atoms with Crippen molar-refractivity contribution in [3.63, 3.8) is 0 Å². The molecule has 0 amide bonds. The van der Waals surface area contributed by atoms with Gasteiger partial charge in [-0.3, -0.25) is 13.7 Å². The maximum absolute atomic E-state index is 12.2. The van der Waals surface area contributed by atoms with Crippen LogP contribution in [0.1, 0.15) is 0 Å². The summed E-state index contributed by atoms with van der Waals surface area (Å²) in [7, 11) is -15.3. The van der Waals surface area contributed by atoms with Gasteiger partial charge in [-0.05, 0) is 47.9 Å². The Hall–Kier alpha value is -3.80. The molecule has 4 aromatic carbocycles. The summed E-state index contributed by atoms with van der Waals surface area (Å²) in [6.07, 6.45) is 0. The normalized spacial score (nSPS) is 13.0. The van der Waals surface area contributed by atoms with Gasteiger partial charge in [0.25, 0.3) is 20.2 Å². The third-order valence-corrected chi connectivity index (χ3v) is 8.29. The van der Waals surface area contributed by atoms with Gasteiger partial charge in [-0.25, -0.2) is 0 Å². The zero-order valence-electron chi connectivity index (χ0n) is 19.9. The summed E-state index contributed by atoms with van der Waals surface area (Å²) in [5, 5.41) is 34.6. The fraction of sp³-hybridized carbons (Fsp3) is 0. The van der Waals surface area contributed by atoms with Crippen molar-refractivity contribution < 1.29 is 50.5 Å². The third-order valence-electron chi connectivity index (χ3n) is 5.34. The van der Waals surface area contributed by atoms with Crippen molar-refractivity contribution in [2.75, 3.05) is 0 Å². The van der Waals surface area contributed by atoms with Gasteiger partial charge in [-0.2, -0.15) is 21.9 Å². The maximum atomic E-state index is 12.2. The first kappa shape index (κ1) is 30.2. The molecule has 0 spiro atoms. The average Bonchev–Trinajstić information content (AvgIpc) is 2.86. The van der Waals surface area contributed by atoms with E-state index in [-0.39, 0.29) is 10.7 Å². The minimum absolute atomic E-state index is 0.0776. The molecular weight excluding hydrogens is 627 g/mol. The van der Waals surface area contributed by atoms with Crippen LogP contribution in [0.2, 0.25) is 5.02 Å². The van der Waals surface area contributed by atoms with Gasteiger partial charge >= 0.3 is 7.60 Å². The van der Waals surface area contributed by atoms with Gasteiger partial charge < -0.3 is 20.0 Å². The summed E-state index contributed by atoms with van der Waals surface area (Å²) >= 11 is 5.78. The van der Waals surface area contributed by atoms with E-state index in [1.165, 1.54) is 18.2 Å². The van der Waals surface area contributed by atoms with Crippen LogP contribution >= 0.6 is 19.2 Å². The van der Waals surface area contributed by atoms with Crippen molar-refractivity contribution in [1.82, 2.24) is 0 Å². The van der Waals surface area contributed by atoms with Gasteiger partial charge in [0, 0.05) is 5.02 Å². The second kappa shape index (κ2) is 10.9. The van der Waals surface area contributed by atoms with Crippen LogP contribution in [-0.2, 0) is 24.8 Å². The second-order valence-electron chi connectivity index (χ2n) is 8.10. The number of azo groups is 2. The molecule has 214 valence electrons. The molecule has 19 heteroatoms. The fourth-order valence-corrected chi connectivity index (χ4v) is 5.86. The smallest absolute Gasteiger partial charge is 0.358 e. The number of fused-ring (bicyclic) bond motifs is 1. The van der Waals surface area contributed by atoms with E-state index in [2.05, 4.69) is 20.5 Å². The Morgan fingerprint density at radius 1 is 0.707 bits per heavy atom. The van der Waals surface area contributed by atoms with Crippen molar-refractivity contribution in [2.45, 2.75) is 9.79 Å². The molecule has 0 unspecified atom stereocenters. The van der Waals surface area contributed by atoms with Crippen LogP contribution in [0.15, 0.2) is 90.9 Å². The molecule has 0 aliphatic carbocycles. The lowest BCUT2D eigenvalue weighted by Crippen LogP contribution is -2.04. The molecule has 0 saturated carbocycles. The monoisotopic (exact) mass is 642 g/mol. The van der Waals surface area contributed by atoms with E-state index < -0.39 is 82.3 Å². The molecule has 41 heavy (non-hydrogen) atoms. The number of nitrogens with zero attached hydrogens (tertiary/aromatic N) is 4. The first-order valence-corrected chi connectivity index (χ1v) is 15.6. The van der Waals surface area contributed by atoms with Crippen LogP contribution in [0, 0.1) is 0 Å². The number of aromatic hydroxyl groups is 2. The number of hydrogen-bond acceptors (Lipinski definition) is 11. The Morgan fingerprint density at radius 3 is 1.71 bits per heavy atom. The zero-order valence-corrected chi connectivity index (χ0v) is 23.2. The van der Waals surface area contributed by atoms with Crippen molar-refractivity contribution >= 4 is 78.3 Å². The van der Waals surface area contributed by atoms with Gasteiger partial charge in [0.05, 0.1) is 16.4 Å². The van der Waals surface area contributed by atoms with Gasteiger partial charge in [-0.1, -0.05) is 29.8 Å². The Bertz CT molecular complexity index is 2030. The zero-order chi connectivity index (χ0) is 30.3. The molecule has 0 heterocycles. The van der Waals surface area contributed by atoms with E-state index in [4.69, 9.17) is 11.6 Å². The van der Waals surface area contributed by atoms with Crippen LogP contribution in [0.4, 0.5) is 22.7 Å². The van der Waals surface area contributed by atoms with Crippen molar-refractivity contribution in [3.05, 3.63) is 65.7 Å². The number of benzene rings is 4. The molecule has 4 aromatic rings. The molecule has 0 aromatic heterocycles. The van der Waals surface area contributed by atoms with E-state index in [9.17, 15) is 50.5 Å². The highest BCUT2D eigenvalue weighted by Crippen LogP contribution is 2.50. The molecule has 6 N–H and O–H groups in total. The molecule has 15 nitrogen and oxygen atoms in total. The van der Waals surface area contributed by atoms with E-state index in [1.54, 1.807) is 18.2 Å². The van der Waals surface area contributed by atoms with E-state index >= 15 is 0 Å². The highest BCUT2D eigenvalue weighted by molar-refractivity contribution is 7.86. The van der Waals surface area contributed by atoms with Crippen molar-refractivity contribution in [1.29, 1.82) is 0 Å². The number of phenolic OH excluding ortho intramolecular Hbond substituents is 2. The first-order chi connectivity index (χ1) is 19.0. The molecule has 0 bridgehead atoms. The summed E-state index contributed by atoms with van der Waals surface area (Å²) < 4.78 is 79.9. The molecule has 0 aliphatic rings. The van der Waals surface area contributed by atoms with Crippen LogP contribution < -0.4 is 5.30 Å². The lowest BCUT2D eigenvalue weighted by Gasteiger charge is -2.13. The number of halogens is 1. The van der Waals surface area contributed by atoms with Crippen LogP contribution in [0.25, 0.3) is 10.8 Å². The Balaban J connectivity index is 2.05. The Kier molecular flexibility index (Phi) is 8.01. The quantitative estimate of drug-likeness (QED) is 0.0884. The third kappa shape index (κ3) is 6.42. The number of rotatable bonds is 7. The highest BCUT2D eigenvalue weighted by atomic mass is 35.5. The summed E-state index contributed by atoms with van der Waals surface area (Å²) in [6.45, 7) is 0. The van der Waals surface area contributed by atoms with Gasteiger partial charge in [0.15, 0.2) is 11.5 Å². The number of hydrogen-bond donors (Lipinski definition) is 6. The largest absolute Gasteiger partial charge is 0.505 e. The molecule has 0 fully saturated rings. The molecule has 4 rings (SSSR count). The predicted octanol–water partition coefficient (Wildman–Crippen LogP) is 5.03. The Labute approximate surface area is 235 Å². The maximum Gasteiger partial charge on any atom is 0.358 e. The number of phenols is 2.